The average molecular weight is 213 g/mol. The molecule has 0 aromatic heterocycles. The van der Waals surface area contributed by atoms with Crippen LogP contribution in [0.4, 0.5) is 8.78 Å². The zero-order valence-corrected chi connectivity index (χ0v) is 7.61. The number of alkyl halides is 2. The minimum Gasteiger partial charge on any atom is -0.480 e. The molecular formula is C7H13F2NO4. The van der Waals surface area contributed by atoms with Crippen LogP contribution in [0.25, 0.3) is 0 Å². The Morgan fingerprint density at radius 2 is 2.14 bits per heavy atom. The Hall–Kier alpha value is -0.790. The predicted molar refractivity (Wildman–Crippen MR) is 43.3 cm³/mol. The molecule has 0 rings (SSSR count). The number of nitrogens with one attached hydrogen (secondary N) is 1. The summed E-state index contributed by atoms with van der Waals surface area (Å²) in [6.45, 7) is -0.636. The van der Waals surface area contributed by atoms with Gasteiger partial charge in [-0.1, -0.05) is 0 Å². The molecule has 2 unspecified atom stereocenters. The van der Waals surface area contributed by atoms with Crippen LogP contribution in [0.2, 0.25) is 0 Å². The van der Waals surface area contributed by atoms with Crippen molar-refractivity contribution in [1.82, 2.24) is 5.32 Å². The summed E-state index contributed by atoms with van der Waals surface area (Å²) in [4.78, 5) is 10.5. The molecule has 0 aromatic rings. The van der Waals surface area contributed by atoms with E-state index in [0.29, 0.717) is 0 Å². The fourth-order valence-electron chi connectivity index (χ4n) is 0.736. The van der Waals surface area contributed by atoms with E-state index in [9.17, 15) is 13.6 Å². The van der Waals surface area contributed by atoms with Crippen LogP contribution >= 0.6 is 0 Å². The highest BCUT2D eigenvalue weighted by atomic mass is 19.3. The van der Waals surface area contributed by atoms with Gasteiger partial charge in [-0.3, -0.25) is 10.1 Å². The second-order valence-electron chi connectivity index (χ2n) is 2.66. The molecule has 84 valence electrons. The lowest BCUT2D eigenvalue weighted by molar-refractivity contribution is -0.141. The molecular weight excluding hydrogens is 200 g/mol. The fourth-order valence-corrected chi connectivity index (χ4v) is 0.736. The molecule has 0 aliphatic carbocycles. The summed E-state index contributed by atoms with van der Waals surface area (Å²) in [6, 6.07) is -1.09. The summed E-state index contributed by atoms with van der Waals surface area (Å²) in [7, 11) is 1.29. The number of methoxy groups -OCH3 is 1. The molecule has 0 radical (unpaired) electrons. The van der Waals surface area contributed by atoms with Gasteiger partial charge in [-0.05, 0) is 0 Å². The number of carboxylic acid groups (broad SMARTS) is 1. The smallest absolute Gasteiger partial charge is 0.323 e. The summed E-state index contributed by atoms with van der Waals surface area (Å²) in [5.74, 6) is -1.21. The van der Waals surface area contributed by atoms with E-state index in [0.717, 1.165) is 0 Å². The maximum absolute atomic E-state index is 11.8. The molecule has 0 amide bonds. The first-order valence-electron chi connectivity index (χ1n) is 3.90. The fraction of sp³-hybridized carbons (Fsp3) is 0.857. The predicted octanol–water partition coefficient (Wildman–Crippen LogP) is -0.698. The van der Waals surface area contributed by atoms with Gasteiger partial charge in [0.1, 0.15) is 12.1 Å². The van der Waals surface area contributed by atoms with E-state index < -0.39 is 31.1 Å². The van der Waals surface area contributed by atoms with Crippen molar-refractivity contribution in [2.45, 2.75) is 18.6 Å². The Kier molecular flexibility index (Phi) is 6.26. The molecule has 5 nitrogen and oxygen atoms in total. The first-order valence-corrected chi connectivity index (χ1v) is 3.90. The van der Waals surface area contributed by atoms with Gasteiger partial charge in [0.2, 0.25) is 0 Å². The van der Waals surface area contributed by atoms with E-state index >= 15 is 0 Å². The van der Waals surface area contributed by atoms with Gasteiger partial charge in [0.05, 0.1) is 6.61 Å². The molecule has 0 saturated carbocycles. The first-order chi connectivity index (χ1) is 6.49. The minimum atomic E-state index is -2.89. The third-order valence-corrected chi connectivity index (χ3v) is 1.50. The lowest BCUT2D eigenvalue weighted by atomic mass is 10.3. The van der Waals surface area contributed by atoms with Crippen LogP contribution in [-0.2, 0) is 9.53 Å². The molecule has 3 N–H and O–H groups in total. The molecule has 0 bridgehead atoms. The zero-order chi connectivity index (χ0) is 11.1. The highest BCUT2D eigenvalue weighted by Crippen LogP contribution is 1.99. The van der Waals surface area contributed by atoms with E-state index in [4.69, 9.17) is 10.2 Å². The van der Waals surface area contributed by atoms with Crippen LogP contribution in [0.3, 0.4) is 0 Å². The summed E-state index contributed by atoms with van der Waals surface area (Å²) in [5.41, 5.74) is 0. The number of rotatable bonds is 7. The van der Waals surface area contributed by atoms with Gasteiger partial charge in [0.25, 0.3) is 6.43 Å². The number of aliphatic carboxylic acids is 1. The van der Waals surface area contributed by atoms with Crippen molar-refractivity contribution in [3.05, 3.63) is 0 Å². The molecule has 0 spiro atoms. The molecule has 7 heteroatoms. The summed E-state index contributed by atoms with van der Waals surface area (Å²) < 4.78 is 28.1. The molecule has 0 aliphatic rings. The number of aliphatic hydroxyl groups is 1. The lowest BCUT2D eigenvalue weighted by Gasteiger charge is -2.15. The SMILES string of the molecule is COCC(NCC(O)C(F)F)C(=O)O. The minimum absolute atomic E-state index is 0.148. The van der Waals surface area contributed by atoms with Crippen molar-refractivity contribution >= 4 is 5.97 Å². The standard InChI is InChI=1S/C7H13F2NO4/c1-14-3-4(7(12)13)10-2-5(11)6(8)9/h4-6,10-11H,2-3H2,1H3,(H,12,13). The Labute approximate surface area is 79.7 Å². The van der Waals surface area contributed by atoms with Crippen molar-refractivity contribution in [3.8, 4) is 0 Å². The zero-order valence-electron chi connectivity index (χ0n) is 7.61. The largest absolute Gasteiger partial charge is 0.480 e. The van der Waals surface area contributed by atoms with E-state index in [-0.39, 0.29) is 6.61 Å². The van der Waals surface area contributed by atoms with Crippen molar-refractivity contribution in [1.29, 1.82) is 0 Å². The lowest BCUT2D eigenvalue weighted by Crippen LogP contribution is -2.45. The molecule has 0 saturated heterocycles. The van der Waals surface area contributed by atoms with Crippen molar-refractivity contribution in [2.75, 3.05) is 20.3 Å². The number of hydrogen-bond acceptors (Lipinski definition) is 4. The van der Waals surface area contributed by atoms with Crippen LogP contribution in [0.5, 0.6) is 0 Å². The number of aliphatic hydroxyl groups excluding tert-OH is 1. The van der Waals surface area contributed by atoms with Gasteiger partial charge in [-0.2, -0.15) is 0 Å². The van der Waals surface area contributed by atoms with Gasteiger partial charge < -0.3 is 14.9 Å². The van der Waals surface area contributed by atoms with Crippen LogP contribution < -0.4 is 5.32 Å². The highest BCUT2D eigenvalue weighted by Gasteiger charge is 2.21. The number of ether oxygens (including phenoxy) is 1. The van der Waals surface area contributed by atoms with Gasteiger partial charge in [-0.25, -0.2) is 8.78 Å². The third-order valence-electron chi connectivity index (χ3n) is 1.50. The molecule has 0 fully saturated rings. The Balaban J connectivity index is 3.87. The Morgan fingerprint density at radius 3 is 2.50 bits per heavy atom. The summed E-state index contributed by atoms with van der Waals surface area (Å²) in [5, 5.41) is 19.5. The number of halogens is 2. The van der Waals surface area contributed by atoms with E-state index in [1.54, 1.807) is 0 Å². The average Bonchev–Trinajstić information content (AvgIpc) is 2.10. The van der Waals surface area contributed by atoms with E-state index in [1.807, 2.05) is 0 Å². The Morgan fingerprint density at radius 1 is 1.57 bits per heavy atom. The molecule has 0 aliphatic heterocycles. The van der Waals surface area contributed by atoms with Crippen molar-refractivity contribution < 1.29 is 28.5 Å². The second kappa shape index (κ2) is 6.63. The second-order valence-corrected chi connectivity index (χ2v) is 2.66. The third kappa shape index (κ3) is 5.05. The summed E-state index contributed by atoms with van der Waals surface area (Å²) >= 11 is 0. The topological polar surface area (TPSA) is 78.8 Å². The van der Waals surface area contributed by atoms with E-state index in [1.165, 1.54) is 7.11 Å². The van der Waals surface area contributed by atoms with Gasteiger partial charge >= 0.3 is 5.97 Å². The van der Waals surface area contributed by atoms with E-state index in [2.05, 4.69) is 10.1 Å². The van der Waals surface area contributed by atoms with Crippen LogP contribution in [-0.4, -0.2) is 55.0 Å². The molecule has 0 heterocycles. The van der Waals surface area contributed by atoms with Gasteiger partial charge in [-0.15, -0.1) is 0 Å². The van der Waals surface area contributed by atoms with Crippen LogP contribution in [0, 0.1) is 0 Å². The molecule has 0 aromatic carbocycles. The number of carbonyl (C=O) groups is 1. The highest BCUT2D eigenvalue weighted by molar-refractivity contribution is 5.73. The normalized spacial score (nSPS) is 15.5. The summed E-state index contributed by atoms with van der Waals surface area (Å²) in [6.07, 6.45) is -4.76. The van der Waals surface area contributed by atoms with Crippen LogP contribution in [0.15, 0.2) is 0 Å². The number of hydrogen-bond donors (Lipinski definition) is 3. The van der Waals surface area contributed by atoms with Gasteiger partial charge in [0.15, 0.2) is 0 Å². The first kappa shape index (κ1) is 13.2. The van der Waals surface area contributed by atoms with Gasteiger partial charge in [0, 0.05) is 13.7 Å². The molecule has 2 atom stereocenters. The number of carboxylic acids is 1. The van der Waals surface area contributed by atoms with Crippen molar-refractivity contribution in [3.63, 3.8) is 0 Å². The maximum Gasteiger partial charge on any atom is 0.323 e. The van der Waals surface area contributed by atoms with Crippen molar-refractivity contribution in [2.24, 2.45) is 0 Å². The monoisotopic (exact) mass is 213 g/mol. The quantitative estimate of drug-likeness (QED) is 0.521. The van der Waals surface area contributed by atoms with Crippen LogP contribution in [0.1, 0.15) is 0 Å². The maximum atomic E-state index is 11.8. The Bertz CT molecular complexity index is 179. The molecule has 14 heavy (non-hydrogen) atoms.